The zero-order valence-electron chi connectivity index (χ0n) is 14.5. The molecule has 5 nitrogen and oxygen atoms in total. The van der Waals surface area contributed by atoms with Crippen LogP contribution in [0.2, 0.25) is 0 Å². The quantitative estimate of drug-likeness (QED) is 0.565. The van der Waals surface area contributed by atoms with Crippen molar-refractivity contribution in [3.05, 3.63) is 63.5 Å². The maximum absolute atomic E-state index is 12.4. The van der Waals surface area contributed by atoms with E-state index >= 15 is 0 Å². The zero-order chi connectivity index (χ0) is 18.1. The predicted octanol–water partition coefficient (Wildman–Crippen LogP) is 4.11. The van der Waals surface area contributed by atoms with Crippen molar-refractivity contribution in [3.8, 4) is 10.7 Å². The summed E-state index contributed by atoms with van der Waals surface area (Å²) in [5, 5.41) is 11.7. The fraction of sp³-hybridized carbons (Fsp3) is 0.211. The maximum atomic E-state index is 12.4. The Morgan fingerprint density at radius 3 is 2.92 bits per heavy atom. The average Bonchev–Trinajstić information content (AvgIpc) is 3.34. The summed E-state index contributed by atoms with van der Waals surface area (Å²) >= 11 is 3.20. The zero-order valence-corrected chi connectivity index (χ0v) is 16.2. The lowest BCUT2D eigenvalue weighted by atomic mass is 10.1. The summed E-state index contributed by atoms with van der Waals surface area (Å²) < 4.78 is 1.88. The minimum Gasteiger partial charge on any atom is -0.352 e. The second-order valence-corrected chi connectivity index (χ2v) is 7.94. The van der Waals surface area contributed by atoms with Gasteiger partial charge in [-0.3, -0.25) is 4.79 Å². The highest BCUT2D eigenvalue weighted by atomic mass is 32.1. The van der Waals surface area contributed by atoms with E-state index in [0.29, 0.717) is 13.0 Å². The van der Waals surface area contributed by atoms with E-state index in [1.807, 2.05) is 54.1 Å². The Bertz CT molecular complexity index is 1060. The Kier molecular flexibility index (Phi) is 4.57. The molecule has 1 aromatic carbocycles. The number of nitrogens with one attached hydrogen (secondary N) is 1. The molecule has 3 heterocycles. The molecule has 0 fully saturated rings. The minimum atomic E-state index is -0.0319. The molecule has 0 atom stereocenters. The second kappa shape index (κ2) is 7.01. The molecular weight excluding hydrogens is 364 g/mol. The van der Waals surface area contributed by atoms with Gasteiger partial charge in [-0.2, -0.15) is 4.98 Å². The molecule has 4 aromatic rings. The van der Waals surface area contributed by atoms with Crippen LogP contribution in [0.3, 0.4) is 0 Å². The monoisotopic (exact) mass is 382 g/mol. The van der Waals surface area contributed by atoms with Crippen molar-refractivity contribution in [2.75, 3.05) is 6.54 Å². The third kappa shape index (κ3) is 3.27. The van der Waals surface area contributed by atoms with Crippen molar-refractivity contribution in [1.29, 1.82) is 0 Å². The van der Waals surface area contributed by atoms with Gasteiger partial charge in [-0.1, -0.05) is 23.8 Å². The van der Waals surface area contributed by atoms with Crippen LogP contribution in [0.1, 0.15) is 27.2 Å². The molecule has 4 rings (SSSR count). The number of aryl methyl sites for hydroxylation is 2. The molecule has 0 saturated carbocycles. The van der Waals surface area contributed by atoms with Crippen LogP contribution in [0.25, 0.3) is 15.7 Å². The fourth-order valence-electron chi connectivity index (χ4n) is 2.79. The number of amides is 1. The Morgan fingerprint density at radius 1 is 1.23 bits per heavy atom. The number of hydrogen-bond donors (Lipinski definition) is 1. The summed E-state index contributed by atoms with van der Waals surface area (Å²) in [6.07, 6.45) is 0.712. The van der Waals surface area contributed by atoms with Crippen LogP contribution in [0.4, 0.5) is 0 Å². The summed E-state index contributed by atoms with van der Waals surface area (Å²) in [6.45, 7) is 4.51. The fourth-order valence-corrected chi connectivity index (χ4v) is 4.30. The molecule has 132 valence electrons. The lowest BCUT2D eigenvalue weighted by molar-refractivity contribution is 0.0953. The molecule has 3 aromatic heterocycles. The van der Waals surface area contributed by atoms with Crippen LogP contribution < -0.4 is 5.32 Å². The van der Waals surface area contributed by atoms with Gasteiger partial charge in [-0.05, 0) is 36.9 Å². The van der Waals surface area contributed by atoms with E-state index in [9.17, 15) is 4.79 Å². The third-order valence-electron chi connectivity index (χ3n) is 4.20. The summed E-state index contributed by atoms with van der Waals surface area (Å²) in [4.78, 5) is 19.0. The molecule has 0 radical (unpaired) electrons. The van der Waals surface area contributed by atoms with Crippen LogP contribution in [-0.4, -0.2) is 27.0 Å². The first-order valence-electron chi connectivity index (χ1n) is 8.34. The molecule has 7 heteroatoms. The van der Waals surface area contributed by atoms with Gasteiger partial charge < -0.3 is 5.32 Å². The van der Waals surface area contributed by atoms with E-state index in [-0.39, 0.29) is 5.91 Å². The van der Waals surface area contributed by atoms with E-state index in [2.05, 4.69) is 20.8 Å². The molecule has 0 saturated heterocycles. The number of thiophene rings is 1. The number of aromatic nitrogens is 3. The van der Waals surface area contributed by atoms with E-state index in [1.165, 1.54) is 0 Å². The van der Waals surface area contributed by atoms with Crippen molar-refractivity contribution < 1.29 is 4.79 Å². The van der Waals surface area contributed by atoms with Gasteiger partial charge in [-0.15, -0.1) is 27.8 Å². The van der Waals surface area contributed by atoms with Gasteiger partial charge in [0.1, 0.15) is 0 Å². The number of carbonyl (C=O) groups is 1. The molecule has 0 bridgehead atoms. The van der Waals surface area contributed by atoms with E-state index in [1.54, 1.807) is 22.7 Å². The first kappa shape index (κ1) is 16.9. The first-order valence-corrected chi connectivity index (χ1v) is 10.1. The molecule has 26 heavy (non-hydrogen) atoms. The highest BCUT2D eigenvalue weighted by molar-refractivity contribution is 7.15. The SMILES string of the molecule is Cc1ccc(C)c(C(=O)NCCc2csc3nc(-c4cccs4)nn23)c1. The van der Waals surface area contributed by atoms with Gasteiger partial charge in [0, 0.05) is 23.9 Å². The molecule has 0 unspecified atom stereocenters. The Hall–Kier alpha value is -2.51. The minimum absolute atomic E-state index is 0.0319. The molecule has 0 aliphatic rings. The average molecular weight is 383 g/mol. The van der Waals surface area contributed by atoms with Crippen molar-refractivity contribution in [2.45, 2.75) is 20.3 Å². The van der Waals surface area contributed by atoms with Gasteiger partial charge in [0.05, 0.1) is 10.6 Å². The molecule has 0 spiro atoms. The molecular formula is C19H18N4OS2. The lowest BCUT2D eigenvalue weighted by Crippen LogP contribution is -2.26. The number of thiazole rings is 1. The van der Waals surface area contributed by atoms with Crippen molar-refractivity contribution in [2.24, 2.45) is 0 Å². The number of rotatable bonds is 5. The van der Waals surface area contributed by atoms with Crippen molar-refractivity contribution in [3.63, 3.8) is 0 Å². The number of hydrogen-bond acceptors (Lipinski definition) is 5. The van der Waals surface area contributed by atoms with Crippen LogP contribution in [0.5, 0.6) is 0 Å². The Labute approximate surface area is 159 Å². The largest absolute Gasteiger partial charge is 0.352 e. The van der Waals surface area contributed by atoms with Crippen molar-refractivity contribution >= 4 is 33.5 Å². The number of benzene rings is 1. The van der Waals surface area contributed by atoms with Gasteiger partial charge in [-0.25, -0.2) is 4.52 Å². The van der Waals surface area contributed by atoms with E-state index in [4.69, 9.17) is 0 Å². The normalized spacial score (nSPS) is 11.2. The standard InChI is InChI=1S/C19H18N4OS2/c1-12-5-6-13(2)15(10-12)18(24)20-8-7-14-11-26-19-21-17(22-23(14)19)16-4-3-9-25-16/h3-6,9-11H,7-8H2,1-2H3,(H,20,24). The van der Waals surface area contributed by atoms with Gasteiger partial charge in [0.25, 0.3) is 5.91 Å². The van der Waals surface area contributed by atoms with Crippen LogP contribution in [0, 0.1) is 13.8 Å². The Balaban J connectivity index is 1.45. The van der Waals surface area contributed by atoms with Gasteiger partial charge >= 0.3 is 0 Å². The highest BCUT2D eigenvalue weighted by Gasteiger charge is 2.13. The lowest BCUT2D eigenvalue weighted by Gasteiger charge is -2.08. The third-order valence-corrected chi connectivity index (χ3v) is 5.93. The summed E-state index contributed by atoms with van der Waals surface area (Å²) in [6, 6.07) is 9.95. The molecule has 0 aliphatic heterocycles. The number of fused-ring (bicyclic) bond motifs is 1. The van der Waals surface area contributed by atoms with Gasteiger partial charge in [0.2, 0.25) is 4.96 Å². The number of carbonyl (C=O) groups excluding carboxylic acids is 1. The summed E-state index contributed by atoms with van der Waals surface area (Å²) in [7, 11) is 0. The first-order chi connectivity index (χ1) is 12.6. The smallest absolute Gasteiger partial charge is 0.251 e. The van der Waals surface area contributed by atoms with Gasteiger partial charge in [0.15, 0.2) is 5.82 Å². The van der Waals surface area contributed by atoms with Crippen LogP contribution >= 0.6 is 22.7 Å². The maximum Gasteiger partial charge on any atom is 0.251 e. The number of nitrogens with zero attached hydrogens (tertiary/aromatic N) is 3. The molecule has 1 N–H and O–H groups in total. The van der Waals surface area contributed by atoms with E-state index in [0.717, 1.165) is 38.0 Å². The molecule has 0 aliphatic carbocycles. The predicted molar refractivity (Wildman–Crippen MR) is 106 cm³/mol. The second-order valence-electron chi connectivity index (χ2n) is 6.16. The van der Waals surface area contributed by atoms with Crippen LogP contribution in [0.15, 0.2) is 41.1 Å². The van der Waals surface area contributed by atoms with E-state index < -0.39 is 0 Å². The summed E-state index contributed by atoms with van der Waals surface area (Å²) in [5.41, 5.74) is 3.87. The highest BCUT2D eigenvalue weighted by Crippen LogP contribution is 2.24. The Morgan fingerprint density at radius 2 is 2.12 bits per heavy atom. The van der Waals surface area contributed by atoms with Crippen molar-refractivity contribution in [1.82, 2.24) is 19.9 Å². The summed E-state index contributed by atoms with van der Waals surface area (Å²) in [5.74, 6) is 0.725. The molecule has 1 amide bonds. The topological polar surface area (TPSA) is 59.3 Å². The van der Waals surface area contributed by atoms with Crippen LogP contribution in [-0.2, 0) is 6.42 Å².